The van der Waals surface area contributed by atoms with Crippen LogP contribution in [-0.2, 0) is 9.36 Å². The molecule has 1 aromatic heterocycles. The molecule has 0 spiro atoms. The van der Waals surface area contributed by atoms with Crippen LogP contribution in [0.1, 0.15) is 5.82 Å². The molecule has 14 N–H and O–H groups in total. The van der Waals surface area contributed by atoms with Crippen LogP contribution in [0.25, 0.3) is 0 Å². The quantitative estimate of drug-likeness (QED) is 0.123. The molecule has 0 aromatic carbocycles. The summed E-state index contributed by atoms with van der Waals surface area (Å²) in [5.41, 5.74) is 9.26. The lowest BCUT2D eigenvalue weighted by atomic mass is 10.1. The van der Waals surface area contributed by atoms with Gasteiger partial charge in [-0.3, -0.25) is 0 Å². The van der Waals surface area contributed by atoms with Gasteiger partial charge in [0.05, 0.1) is 19.0 Å². The average molecular weight is 419 g/mol. The number of H-pyrrole nitrogens is 1. The molecule has 0 saturated carbocycles. The molecule has 0 saturated heterocycles. The summed E-state index contributed by atoms with van der Waals surface area (Å²) in [7, 11) is -4.64. The molecule has 1 rings (SSSR count). The van der Waals surface area contributed by atoms with Crippen molar-refractivity contribution in [1.82, 2.24) is 9.97 Å². The zero-order valence-corrected chi connectivity index (χ0v) is 14.4. The second kappa shape index (κ2) is 15.8. The number of phosphoric acid groups is 1. The number of hydrogen-bond acceptors (Lipinski definition) is 10. The van der Waals surface area contributed by atoms with Crippen LogP contribution in [0.5, 0.6) is 0 Å². The molecule has 0 radical (unpaired) electrons. The maximum Gasteiger partial charge on any atom is 0.466 e. The first kappa shape index (κ1) is 29.3. The first-order valence-electron chi connectivity index (χ1n) is 6.37. The molecule has 27 heavy (non-hydrogen) atoms. The fourth-order valence-corrected chi connectivity index (χ4v) is 0.841. The first-order valence-corrected chi connectivity index (χ1v) is 7.94. The predicted molar refractivity (Wildman–Crippen MR) is 88.5 cm³/mol. The Balaban J connectivity index is -0.000000303. The van der Waals surface area contributed by atoms with Crippen molar-refractivity contribution in [1.29, 1.82) is 5.41 Å². The summed E-state index contributed by atoms with van der Waals surface area (Å²) >= 11 is 0. The number of rotatable bonds is 5. The summed E-state index contributed by atoms with van der Waals surface area (Å²) in [5, 5.41) is 47.9. The van der Waals surface area contributed by atoms with Gasteiger partial charge in [-0.25, -0.2) is 14.3 Å². The van der Waals surface area contributed by atoms with E-state index in [1.54, 1.807) is 0 Å². The van der Waals surface area contributed by atoms with Crippen LogP contribution in [0.4, 0.5) is 10.6 Å². The number of nitrogens with two attached hydrogens (primary N) is 2. The Kier molecular flexibility index (Phi) is 17.2. The van der Waals surface area contributed by atoms with Crippen molar-refractivity contribution in [3.8, 4) is 0 Å². The number of aromatic amines is 1. The molecule has 0 aliphatic heterocycles. The highest BCUT2D eigenvalue weighted by atomic mass is 31.2. The van der Waals surface area contributed by atoms with Crippen molar-refractivity contribution in [2.24, 2.45) is 5.73 Å². The van der Waals surface area contributed by atoms with Crippen molar-refractivity contribution >= 4 is 32.2 Å². The van der Waals surface area contributed by atoms with Crippen molar-refractivity contribution < 1.29 is 54.4 Å². The van der Waals surface area contributed by atoms with Crippen LogP contribution < -0.4 is 11.5 Å². The zero-order chi connectivity index (χ0) is 22.2. The van der Waals surface area contributed by atoms with Crippen LogP contribution in [0.3, 0.4) is 0 Å². The SMILES string of the molecule is N=Cc1ncc(N)[nH]1.NC(=O)O.O=CC(O)C(O)C(O)CO.O=P(O)(O)O. The molecule has 17 heteroatoms. The summed E-state index contributed by atoms with van der Waals surface area (Å²) < 4.78 is 8.88. The molecule has 3 atom stereocenters. The molecule has 0 aliphatic rings. The van der Waals surface area contributed by atoms with E-state index in [1.807, 2.05) is 0 Å². The van der Waals surface area contributed by atoms with E-state index in [0.29, 0.717) is 11.6 Å². The summed E-state index contributed by atoms with van der Waals surface area (Å²) in [6, 6.07) is 0. The normalized spacial score (nSPS) is 13.0. The molecular formula is C10H22N5O11P. The minimum Gasteiger partial charge on any atom is -0.465 e. The van der Waals surface area contributed by atoms with Gasteiger partial charge in [0.1, 0.15) is 30.0 Å². The number of nitrogens with zero attached hydrogens (tertiary/aromatic N) is 1. The van der Waals surface area contributed by atoms with Gasteiger partial charge in [-0.05, 0) is 0 Å². The maximum atomic E-state index is 9.76. The van der Waals surface area contributed by atoms with E-state index in [-0.39, 0.29) is 6.29 Å². The molecule has 158 valence electrons. The number of aromatic nitrogens is 2. The van der Waals surface area contributed by atoms with Gasteiger partial charge in [0, 0.05) is 0 Å². The maximum absolute atomic E-state index is 9.76. The summed E-state index contributed by atoms with van der Waals surface area (Å²) in [6.07, 6.45) is -3.38. The van der Waals surface area contributed by atoms with E-state index in [0.717, 1.165) is 6.21 Å². The average Bonchev–Trinajstić information content (AvgIpc) is 2.96. The smallest absolute Gasteiger partial charge is 0.465 e. The Morgan fingerprint density at radius 3 is 1.93 bits per heavy atom. The number of hydrogen-bond donors (Lipinski definition) is 12. The predicted octanol–water partition coefficient (Wildman–Crippen LogP) is -4.06. The number of aliphatic hydroxyl groups is 4. The molecule has 1 heterocycles. The number of primary amides is 1. The van der Waals surface area contributed by atoms with Gasteiger partial charge in [0.15, 0.2) is 6.29 Å². The number of aldehydes is 1. The Morgan fingerprint density at radius 1 is 1.33 bits per heavy atom. The lowest BCUT2D eigenvalue weighted by molar-refractivity contribution is -0.127. The summed E-state index contributed by atoms with van der Waals surface area (Å²) in [6.45, 7) is -0.688. The van der Waals surface area contributed by atoms with E-state index in [4.69, 9.17) is 60.7 Å². The van der Waals surface area contributed by atoms with Gasteiger partial charge >= 0.3 is 13.9 Å². The number of anilines is 1. The minimum absolute atomic E-state index is 0.0869. The number of nitrogens with one attached hydrogen (secondary N) is 2. The van der Waals surface area contributed by atoms with E-state index in [9.17, 15) is 4.79 Å². The summed E-state index contributed by atoms with van der Waals surface area (Å²) in [5.74, 6) is 0.978. The van der Waals surface area contributed by atoms with Crippen LogP contribution in [0, 0.1) is 5.41 Å². The highest BCUT2D eigenvalue weighted by molar-refractivity contribution is 7.45. The molecular weight excluding hydrogens is 397 g/mol. The van der Waals surface area contributed by atoms with Gasteiger partial charge in [-0.2, -0.15) is 0 Å². The molecule has 3 unspecified atom stereocenters. The highest BCUT2D eigenvalue weighted by Gasteiger charge is 2.22. The fourth-order valence-electron chi connectivity index (χ4n) is 0.841. The van der Waals surface area contributed by atoms with Gasteiger partial charge < -0.3 is 66.9 Å². The second-order valence-electron chi connectivity index (χ2n) is 4.09. The molecule has 0 bridgehead atoms. The molecule has 1 amide bonds. The van der Waals surface area contributed by atoms with E-state index >= 15 is 0 Å². The number of carbonyl (C=O) groups excluding carboxylic acids is 1. The van der Waals surface area contributed by atoms with Crippen LogP contribution in [-0.4, -0.2) is 93.7 Å². The third kappa shape index (κ3) is 25.9. The molecule has 16 nitrogen and oxygen atoms in total. The Bertz CT molecular complexity index is 580. The second-order valence-corrected chi connectivity index (χ2v) is 5.11. The van der Waals surface area contributed by atoms with Crippen LogP contribution >= 0.6 is 7.82 Å². The highest BCUT2D eigenvalue weighted by Crippen LogP contribution is 2.25. The van der Waals surface area contributed by atoms with Crippen molar-refractivity contribution in [3.05, 3.63) is 12.0 Å². The third-order valence-electron chi connectivity index (χ3n) is 1.82. The van der Waals surface area contributed by atoms with Crippen molar-refractivity contribution in [2.45, 2.75) is 18.3 Å². The standard InChI is InChI=1S/C5H10O5.C4H6N4.CH3NO2.H3O4P/c6-1-3(8)5(10)4(9)2-7;5-1-4-7-2-3(6)8-4;2-1(3)4;1-5(2,3)4/h1,3-5,7-10H,2H2;1-2,5H,6H2,(H,7,8);2H2,(H,3,4);(H3,1,2,3,4). The molecule has 0 aliphatic carbocycles. The number of aliphatic hydroxyl groups excluding tert-OH is 4. The number of amides is 1. The molecule has 0 fully saturated rings. The van der Waals surface area contributed by atoms with Crippen LogP contribution in [0.2, 0.25) is 0 Å². The van der Waals surface area contributed by atoms with Gasteiger partial charge in [0.25, 0.3) is 0 Å². The van der Waals surface area contributed by atoms with Gasteiger partial charge in [0.2, 0.25) is 0 Å². The fraction of sp³-hybridized carbons (Fsp3) is 0.400. The number of carboxylic acid groups (broad SMARTS) is 1. The van der Waals surface area contributed by atoms with Gasteiger partial charge in [-0.15, -0.1) is 0 Å². The Hall–Kier alpha value is -2.43. The van der Waals surface area contributed by atoms with Crippen molar-refractivity contribution in [3.63, 3.8) is 0 Å². The minimum atomic E-state index is -4.64. The summed E-state index contributed by atoms with van der Waals surface area (Å²) in [4.78, 5) is 46.5. The monoisotopic (exact) mass is 419 g/mol. The number of imidazole rings is 1. The number of carbonyl (C=O) groups is 2. The first-order chi connectivity index (χ1) is 12.2. The van der Waals surface area contributed by atoms with E-state index < -0.39 is 38.8 Å². The Morgan fingerprint density at radius 2 is 1.74 bits per heavy atom. The number of nitrogen functional groups attached to an aromatic ring is 1. The molecule has 1 aromatic rings. The topological polar surface area (TPSA) is 318 Å². The van der Waals surface area contributed by atoms with E-state index in [1.165, 1.54) is 6.20 Å². The van der Waals surface area contributed by atoms with Gasteiger partial charge in [-0.1, -0.05) is 0 Å². The van der Waals surface area contributed by atoms with Crippen LogP contribution in [0.15, 0.2) is 6.20 Å². The third-order valence-corrected chi connectivity index (χ3v) is 1.82. The lowest BCUT2D eigenvalue weighted by Gasteiger charge is -2.16. The Labute approximate surface area is 151 Å². The lowest BCUT2D eigenvalue weighted by Crippen LogP contribution is -2.40. The zero-order valence-electron chi connectivity index (χ0n) is 13.5. The van der Waals surface area contributed by atoms with Crippen molar-refractivity contribution in [2.75, 3.05) is 12.3 Å². The largest absolute Gasteiger partial charge is 0.466 e. The van der Waals surface area contributed by atoms with E-state index in [2.05, 4.69) is 15.7 Å².